The molecule has 0 spiro atoms. The maximum Gasteiger partial charge on any atom is 0.0452 e. The smallest absolute Gasteiger partial charge is 0.0452 e. The maximum absolute atomic E-state index is 6.20. The van der Waals surface area contributed by atoms with E-state index in [1.807, 2.05) is 12.1 Å². The summed E-state index contributed by atoms with van der Waals surface area (Å²) in [5, 5.41) is 1.52. The molecule has 0 amide bonds. The second-order valence-electron chi connectivity index (χ2n) is 4.65. The standard InChI is InChI=1S/C13H15BrCl2/c1-8-9(3-5-12(8)14)6-10-2-4-11(15)7-13(10)16/h2,4,7-9,12H,3,5-6H2,1H3. The van der Waals surface area contributed by atoms with Crippen LogP contribution >= 0.6 is 39.1 Å². The fourth-order valence-corrected chi connectivity index (χ4v) is 3.63. The minimum Gasteiger partial charge on any atom is -0.0888 e. The molecule has 88 valence electrons. The fraction of sp³-hybridized carbons (Fsp3) is 0.538. The molecule has 2 rings (SSSR count). The molecule has 0 aliphatic heterocycles. The van der Waals surface area contributed by atoms with Gasteiger partial charge in [-0.05, 0) is 48.8 Å². The lowest BCUT2D eigenvalue weighted by molar-refractivity contribution is 0.423. The van der Waals surface area contributed by atoms with Gasteiger partial charge in [0.05, 0.1) is 0 Å². The summed E-state index contributed by atoms with van der Waals surface area (Å²) in [5.74, 6) is 1.47. The molecule has 1 aliphatic rings. The Bertz CT molecular complexity index is 378. The van der Waals surface area contributed by atoms with Gasteiger partial charge in [0, 0.05) is 14.9 Å². The van der Waals surface area contributed by atoms with Crippen molar-refractivity contribution in [1.29, 1.82) is 0 Å². The minimum atomic E-state index is 0.670. The van der Waals surface area contributed by atoms with Crippen LogP contribution in [0.4, 0.5) is 0 Å². The van der Waals surface area contributed by atoms with Gasteiger partial charge in [0.2, 0.25) is 0 Å². The second kappa shape index (κ2) is 5.29. The van der Waals surface area contributed by atoms with Crippen molar-refractivity contribution in [1.82, 2.24) is 0 Å². The second-order valence-corrected chi connectivity index (χ2v) is 6.67. The third-order valence-corrected chi connectivity index (χ3v) is 5.50. The number of benzene rings is 1. The molecule has 0 nitrogen and oxygen atoms in total. The quantitative estimate of drug-likeness (QED) is 0.644. The lowest BCUT2D eigenvalue weighted by atomic mass is 9.91. The Kier molecular flexibility index (Phi) is 4.21. The van der Waals surface area contributed by atoms with Crippen molar-refractivity contribution in [3.63, 3.8) is 0 Å². The Hall–Kier alpha value is 0.280. The molecule has 1 saturated carbocycles. The molecule has 3 unspecified atom stereocenters. The maximum atomic E-state index is 6.20. The molecule has 0 N–H and O–H groups in total. The Morgan fingerprint density at radius 1 is 1.31 bits per heavy atom. The predicted molar refractivity (Wildman–Crippen MR) is 74.8 cm³/mol. The Morgan fingerprint density at radius 3 is 2.62 bits per heavy atom. The third-order valence-electron chi connectivity index (χ3n) is 3.62. The van der Waals surface area contributed by atoms with E-state index < -0.39 is 0 Å². The zero-order valence-corrected chi connectivity index (χ0v) is 12.3. The van der Waals surface area contributed by atoms with Crippen molar-refractivity contribution in [3.8, 4) is 0 Å². The molecule has 0 heterocycles. The summed E-state index contributed by atoms with van der Waals surface area (Å²) >= 11 is 15.8. The molecule has 1 fully saturated rings. The zero-order valence-electron chi connectivity index (χ0n) is 9.22. The van der Waals surface area contributed by atoms with E-state index in [9.17, 15) is 0 Å². The van der Waals surface area contributed by atoms with Gasteiger partial charge in [0.15, 0.2) is 0 Å². The third kappa shape index (κ3) is 2.75. The first-order chi connectivity index (χ1) is 7.58. The van der Waals surface area contributed by atoms with E-state index in [0.29, 0.717) is 9.85 Å². The van der Waals surface area contributed by atoms with Crippen LogP contribution in [0, 0.1) is 11.8 Å². The topological polar surface area (TPSA) is 0 Å². The van der Waals surface area contributed by atoms with Crippen LogP contribution in [0.3, 0.4) is 0 Å². The van der Waals surface area contributed by atoms with Crippen molar-refractivity contribution in [2.75, 3.05) is 0 Å². The van der Waals surface area contributed by atoms with Gasteiger partial charge in [0.25, 0.3) is 0 Å². The summed E-state index contributed by atoms with van der Waals surface area (Å²) in [6.45, 7) is 2.32. The van der Waals surface area contributed by atoms with E-state index in [0.717, 1.165) is 23.3 Å². The van der Waals surface area contributed by atoms with E-state index in [1.54, 1.807) is 0 Å². The van der Waals surface area contributed by atoms with E-state index >= 15 is 0 Å². The molecule has 1 aliphatic carbocycles. The van der Waals surface area contributed by atoms with E-state index in [4.69, 9.17) is 23.2 Å². The van der Waals surface area contributed by atoms with Gasteiger partial charge in [-0.15, -0.1) is 0 Å². The number of halogens is 3. The van der Waals surface area contributed by atoms with Crippen molar-refractivity contribution in [2.45, 2.75) is 31.0 Å². The number of alkyl halides is 1. The zero-order chi connectivity index (χ0) is 11.7. The van der Waals surface area contributed by atoms with Crippen LogP contribution in [0.15, 0.2) is 18.2 Å². The number of hydrogen-bond donors (Lipinski definition) is 0. The summed E-state index contributed by atoms with van der Waals surface area (Å²) in [7, 11) is 0. The molecule has 0 saturated heterocycles. The van der Waals surface area contributed by atoms with Gasteiger partial charge in [-0.3, -0.25) is 0 Å². The molecule has 3 atom stereocenters. The SMILES string of the molecule is CC1C(Br)CCC1Cc1ccc(Cl)cc1Cl. The highest BCUT2D eigenvalue weighted by Gasteiger charge is 2.31. The largest absolute Gasteiger partial charge is 0.0888 e. The van der Waals surface area contributed by atoms with E-state index in [2.05, 4.69) is 28.9 Å². The number of hydrogen-bond acceptors (Lipinski definition) is 0. The molecular formula is C13H15BrCl2. The molecule has 1 aromatic rings. The first-order valence-electron chi connectivity index (χ1n) is 5.66. The molecule has 0 aromatic heterocycles. The van der Waals surface area contributed by atoms with Crippen LogP contribution in [0.5, 0.6) is 0 Å². The van der Waals surface area contributed by atoms with Crippen molar-refractivity contribution < 1.29 is 0 Å². The van der Waals surface area contributed by atoms with Crippen LogP contribution in [-0.2, 0) is 6.42 Å². The summed E-state index contributed by atoms with van der Waals surface area (Å²) in [5.41, 5.74) is 1.23. The van der Waals surface area contributed by atoms with Crippen molar-refractivity contribution >= 4 is 39.1 Å². The fourth-order valence-electron chi connectivity index (χ4n) is 2.45. The van der Waals surface area contributed by atoms with Crippen molar-refractivity contribution in [3.05, 3.63) is 33.8 Å². The molecule has 0 bridgehead atoms. The van der Waals surface area contributed by atoms with E-state index in [1.165, 1.54) is 18.4 Å². The molecule has 0 radical (unpaired) electrons. The summed E-state index contributed by atoms with van der Waals surface area (Å²) in [6, 6.07) is 5.82. The minimum absolute atomic E-state index is 0.670. The van der Waals surface area contributed by atoms with Gasteiger partial charge in [-0.2, -0.15) is 0 Å². The molecule has 16 heavy (non-hydrogen) atoms. The highest BCUT2D eigenvalue weighted by Crippen LogP contribution is 2.39. The molecular weight excluding hydrogens is 307 g/mol. The predicted octanol–water partition coefficient (Wildman–Crippen LogP) is 5.35. The average Bonchev–Trinajstić information content (AvgIpc) is 2.54. The Labute approximate surface area is 115 Å². The molecule has 1 aromatic carbocycles. The first kappa shape index (κ1) is 12.7. The monoisotopic (exact) mass is 320 g/mol. The normalized spacial score (nSPS) is 29.6. The average molecular weight is 322 g/mol. The highest BCUT2D eigenvalue weighted by molar-refractivity contribution is 9.09. The molecule has 3 heteroatoms. The number of rotatable bonds is 2. The van der Waals surface area contributed by atoms with Crippen LogP contribution in [0.2, 0.25) is 10.0 Å². The van der Waals surface area contributed by atoms with Crippen molar-refractivity contribution in [2.24, 2.45) is 11.8 Å². The van der Waals surface area contributed by atoms with E-state index in [-0.39, 0.29) is 0 Å². The summed E-state index contributed by atoms with van der Waals surface area (Å²) < 4.78 is 0. The van der Waals surface area contributed by atoms with Crippen LogP contribution < -0.4 is 0 Å². The van der Waals surface area contributed by atoms with Crippen LogP contribution in [0.1, 0.15) is 25.3 Å². The van der Waals surface area contributed by atoms with Crippen LogP contribution in [0.25, 0.3) is 0 Å². The lowest BCUT2D eigenvalue weighted by Crippen LogP contribution is -2.13. The summed E-state index contributed by atoms with van der Waals surface area (Å²) in [4.78, 5) is 0.670. The lowest BCUT2D eigenvalue weighted by Gasteiger charge is -2.18. The summed E-state index contributed by atoms with van der Waals surface area (Å²) in [6.07, 6.45) is 3.63. The van der Waals surface area contributed by atoms with Gasteiger partial charge in [-0.25, -0.2) is 0 Å². The Morgan fingerprint density at radius 2 is 2.06 bits per heavy atom. The van der Waals surface area contributed by atoms with Gasteiger partial charge in [-0.1, -0.05) is 52.1 Å². The van der Waals surface area contributed by atoms with Crippen LogP contribution in [-0.4, -0.2) is 4.83 Å². The first-order valence-corrected chi connectivity index (χ1v) is 7.33. The Balaban J connectivity index is 2.09. The van der Waals surface area contributed by atoms with Gasteiger partial charge in [0.1, 0.15) is 0 Å². The highest BCUT2D eigenvalue weighted by atomic mass is 79.9. The van der Waals surface area contributed by atoms with Gasteiger partial charge >= 0.3 is 0 Å². The van der Waals surface area contributed by atoms with Gasteiger partial charge < -0.3 is 0 Å².